The Balaban J connectivity index is 2.34. The predicted octanol–water partition coefficient (Wildman–Crippen LogP) is 4.99. The third-order valence-electron chi connectivity index (χ3n) is 2.76. The summed E-state index contributed by atoms with van der Waals surface area (Å²) >= 11 is 11.9. The number of rotatable bonds is 3. The summed E-state index contributed by atoms with van der Waals surface area (Å²) in [5.74, 6) is 0.116. The highest BCUT2D eigenvalue weighted by Gasteiger charge is 2.07. The average Bonchev–Trinajstić information content (AvgIpc) is 2.37. The minimum Gasteiger partial charge on any atom is -0.344 e. The number of nitrogens with zero attached hydrogens (tertiary/aromatic N) is 1. The zero-order chi connectivity index (χ0) is 13.1. The van der Waals surface area contributed by atoms with Gasteiger partial charge in [-0.1, -0.05) is 23.7 Å². The van der Waals surface area contributed by atoms with Gasteiger partial charge in [0.15, 0.2) is 0 Å². The molecule has 0 aromatic heterocycles. The standard InChI is InChI=1S/C14H12Cl2FN/c1-18(12-4-2-3-11(17)7-12)13-6-5-10(9-15)14(16)8-13/h2-8H,9H2,1H3. The second-order valence-electron chi connectivity index (χ2n) is 3.95. The summed E-state index contributed by atoms with van der Waals surface area (Å²) in [6.07, 6.45) is 0. The molecule has 0 saturated heterocycles. The molecule has 0 aliphatic rings. The van der Waals surface area contributed by atoms with Crippen LogP contribution in [0.3, 0.4) is 0 Å². The van der Waals surface area contributed by atoms with Gasteiger partial charge >= 0.3 is 0 Å². The molecule has 94 valence electrons. The molecule has 4 heteroatoms. The van der Waals surface area contributed by atoms with Crippen LogP contribution >= 0.6 is 23.2 Å². The Morgan fingerprint density at radius 3 is 2.44 bits per heavy atom. The largest absolute Gasteiger partial charge is 0.344 e. The number of halogens is 3. The van der Waals surface area contributed by atoms with E-state index in [0.717, 1.165) is 16.9 Å². The van der Waals surface area contributed by atoms with Gasteiger partial charge in [-0.05, 0) is 35.9 Å². The molecule has 2 rings (SSSR count). The summed E-state index contributed by atoms with van der Waals surface area (Å²) in [6.45, 7) is 0. The van der Waals surface area contributed by atoms with Crippen molar-refractivity contribution in [2.45, 2.75) is 5.88 Å². The minimum absolute atomic E-state index is 0.261. The Kier molecular flexibility index (Phi) is 4.10. The van der Waals surface area contributed by atoms with Gasteiger partial charge in [0.2, 0.25) is 0 Å². The summed E-state index contributed by atoms with van der Waals surface area (Å²) < 4.78 is 13.2. The first kappa shape index (κ1) is 13.2. The van der Waals surface area contributed by atoms with Crippen LogP contribution in [0.2, 0.25) is 5.02 Å². The molecule has 1 nitrogen and oxygen atoms in total. The molecule has 0 saturated carbocycles. The van der Waals surface area contributed by atoms with E-state index < -0.39 is 0 Å². The highest BCUT2D eigenvalue weighted by molar-refractivity contribution is 6.32. The zero-order valence-corrected chi connectivity index (χ0v) is 11.3. The normalized spacial score (nSPS) is 10.4. The van der Waals surface area contributed by atoms with Gasteiger partial charge in [-0.15, -0.1) is 11.6 Å². The van der Waals surface area contributed by atoms with Gasteiger partial charge in [0, 0.05) is 29.3 Å². The lowest BCUT2D eigenvalue weighted by atomic mass is 10.2. The number of benzene rings is 2. The van der Waals surface area contributed by atoms with Crippen LogP contribution in [0.1, 0.15) is 5.56 Å². The molecular formula is C14H12Cl2FN. The van der Waals surface area contributed by atoms with Crippen molar-refractivity contribution in [3.63, 3.8) is 0 Å². The first-order valence-corrected chi connectivity index (χ1v) is 6.37. The Hall–Kier alpha value is -1.25. The first-order valence-electron chi connectivity index (χ1n) is 5.45. The lowest BCUT2D eigenvalue weighted by molar-refractivity contribution is 0.628. The van der Waals surface area contributed by atoms with Crippen LogP contribution < -0.4 is 4.90 Å². The summed E-state index contributed by atoms with van der Waals surface area (Å²) in [7, 11) is 1.86. The van der Waals surface area contributed by atoms with Crippen molar-refractivity contribution in [3.8, 4) is 0 Å². The molecule has 0 atom stereocenters. The monoisotopic (exact) mass is 283 g/mol. The Bertz CT molecular complexity index is 557. The van der Waals surface area contributed by atoms with E-state index in [4.69, 9.17) is 23.2 Å². The second kappa shape index (κ2) is 5.59. The third-order valence-corrected chi connectivity index (χ3v) is 3.40. The van der Waals surface area contributed by atoms with Crippen LogP contribution in [0, 0.1) is 5.82 Å². The molecule has 18 heavy (non-hydrogen) atoms. The van der Waals surface area contributed by atoms with E-state index in [9.17, 15) is 4.39 Å². The number of hydrogen-bond donors (Lipinski definition) is 0. The van der Waals surface area contributed by atoms with Gasteiger partial charge < -0.3 is 4.90 Å². The van der Waals surface area contributed by atoms with Crippen molar-refractivity contribution in [1.82, 2.24) is 0 Å². The second-order valence-corrected chi connectivity index (χ2v) is 4.62. The average molecular weight is 284 g/mol. The van der Waals surface area contributed by atoms with Crippen molar-refractivity contribution >= 4 is 34.6 Å². The van der Waals surface area contributed by atoms with Crippen LogP contribution in [-0.4, -0.2) is 7.05 Å². The van der Waals surface area contributed by atoms with Crippen molar-refractivity contribution in [2.24, 2.45) is 0 Å². The fraction of sp³-hybridized carbons (Fsp3) is 0.143. The van der Waals surface area contributed by atoms with E-state index in [1.165, 1.54) is 12.1 Å². The summed E-state index contributed by atoms with van der Waals surface area (Å²) in [5, 5.41) is 0.616. The van der Waals surface area contributed by atoms with Crippen molar-refractivity contribution < 1.29 is 4.39 Å². The molecule has 2 aromatic carbocycles. The van der Waals surface area contributed by atoms with Gasteiger partial charge in [-0.25, -0.2) is 4.39 Å². The van der Waals surface area contributed by atoms with E-state index >= 15 is 0 Å². The molecule has 0 bridgehead atoms. The van der Waals surface area contributed by atoms with E-state index in [2.05, 4.69) is 0 Å². The summed E-state index contributed by atoms with van der Waals surface area (Å²) in [4.78, 5) is 1.87. The molecule has 0 aliphatic heterocycles. The molecular weight excluding hydrogens is 272 g/mol. The number of alkyl halides is 1. The van der Waals surface area contributed by atoms with Crippen LogP contribution in [-0.2, 0) is 5.88 Å². The maximum absolute atomic E-state index is 13.2. The van der Waals surface area contributed by atoms with Crippen molar-refractivity contribution in [2.75, 3.05) is 11.9 Å². The minimum atomic E-state index is -0.261. The molecule has 0 aliphatic carbocycles. The SMILES string of the molecule is CN(c1cccc(F)c1)c1ccc(CCl)c(Cl)c1. The lowest BCUT2D eigenvalue weighted by Gasteiger charge is -2.20. The van der Waals surface area contributed by atoms with Crippen LogP contribution in [0.5, 0.6) is 0 Å². The van der Waals surface area contributed by atoms with E-state index in [-0.39, 0.29) is 5.82 Å². The molecule has 0 heterocycles. The van der Waals surface area contributed by atoms with Crippen LogP contribution in [0.4, 0.5) is 15.8 Å². The lowest BCUT2D eigenvalue weighted by Crippen LogP contribution is -2.09. The fourth-order valence-electron chi connectivity index (χ4n) is 1.69. The van der Waals surface area contributed by atoms with E-state index in [1.54, 1.807) is 6.07 Å². The number of hydrogen-bond acceptors (Lipinski definition) is 1. The molecule has 0 fully saturated rings. The van der Waals surface area contributed by atoms with Gasteiger partial charge in [-0.2, -0.15) is 0 Å². The van der Waals surface area contributed by atoms with E-state index in [1.807, 2.05) is 36.2 Å². The maximum Gasteiger partial charge on any atom is 0.125 e. The Labute approximate surface area is 116 Å². The molecule has 2 aromatic rings. The Morgan fingerprint density at radius 1 is 1.11 bits per heavy atom. The van der Waals surface area contributed by atoms with Gasteiger partial charge in [0.05, 0.1) is 0 Å². The molecule has 0 radical (unpaired) electrons. The molecule has 0 amide bonds. The van der Waals surface area contributed by atoms with Crippen molar-refractivity contribution in [1.29, 1.82) is 0 Å². The Morgan fingerprint density at radius 2 is 1.83 bits per heavy atom. The molecule has 0 unspecified atom stereocenters. The molecule has 0 N–H and O–H groups in total. The topological polar surface area (TPSA) is 3.24 Å². The number of anilines is 2. The predicted molar refractivity (Wildman–Crippen MR) is 75.5 cm³/mol. The van der Waals surface area contributed by atoms with E-state index in [0.29, 0.717) is 10.9 Å². The van der Waals surface area contributed by atoms with Crippen LogP contribution in [0.15, 0.2) is 42.5 Å². The van der Waals surface area contributed by atoms with Gasteiger partial charge in [-0.3, -0.25) is 0 Å². The summed E-state index contributed by atoms with van der Waals surface area (Å²) in [5.41, 5.74) is 2.54. The van der Waals surface area contributed by atoms with Gasteiger partial charge in [0.1, 0.15) is 5.82 Å². The van der Waals surface area contributed by atoms with Crippen molar-refractivity contribution in [3.05, 3.63) is 58.9 Å². The highest BCUT2D eigenvalue weighted by Crippen LogP contribution is 2.28. The van der Waals surface area contributed by atoms with Crippen LogP contribution in [0.25, 0.3) is 0 Å². The first-order chi connectivity index (χ1) is 8.61. The molecule has 0 spiro atoms. The zero-order valence-electron chi connectivity index (χ0n) is 9.83. The fourth-order valence-corrected chi connectivity index (χ4v) is 2.23. The highest BCUT2D eigenvalue weighted by atomic mass is 35.5. The smallest absolute Gasteiger partial charge is 0.125 e. The summed E-state index contributed by atoms with van der Waals surface area (Å²) in [6, 6.07) is 12.0. The maximum atomic E-state index is 13.2. The van der Waals surface area contributed by atoms with Gasteiger partial charge in [0.25, 0.3) is 0 Å². The third kappa shape index (κ3) is 2.77. The quantitative estimate of drug-likeness (QED) is 0.718.